The van der Waals surface area contributed by atoms with Crippen molar-refractivity contribution in [2.45, 2.75) is 38.6 Å². The van der Waals surface area contributed by atoms with E-state index in [-0.39, 0.29) is 17.6 Å². The smallest absolute Gasteiger partial charge is 0.197 e. The maximum atomic E-state index is 13.8. The highest BCUT2D eigenvalue weighted by molar-refractivity contribution is 5.93. The fourth-order valence-corrected chi connectivity index (χ4v) is 4.88. The summed E-state index contributed by atoms with van der Waals surface area (Å²) in [5.41, 5.74) is 6.93. The molecular weight excluding hydrogens is 419 g/mol. The summed E-state index contributed by atoms with van der Waals surface area (Å²) in [6, 6.07) is 10.1. The number of nitrogens with one attached hydrogen (secondary N) is 1. The van der Waals surface area contributed by atoms with Gasteiger partial charge < -0.3 is 5.32 Å². The summed E-state index contributed by atoms with van der Waals surface area (Å²) in [6.07, 6.45) is 8.06. The maximum absolute atomic E-state index is 13.8. The minimum Gasteiger partial charge on any atom is -0.364 e. The van der Waals surface area contributed by atoms with Gasteiger partial charge in [-0.1, -0.05) is 29.8 Å². The number of carbonyl (C=O) groups is 1. The van der Waals surface area contributed by atoms with Crippen LogP contribution in [-0.2, 0) is 6.42 Å². The number of imidazole rings is 1. The fraction of sp³-hybridized carbons (Fsp3) is 0.240. The minimum absolute atomic E-state index is 0.157. The lowest BCUT2D eigenvalue weighted by Gasteiger charge is -2.26. The summed E-state index contributed by atoms with van der Waals surface area (Å²) >= 11 is 0. The van der Waals surface area contributed by atoms with E-state index in [0.29, 0.717) is 22.7 Å². The highest BCUT2D eigenvalue weighted by Crippen LogP contribution is 2.42. The standard InChI is InChI=1S/C25H21FN6O/c1-14(33)22-13-28-25-24(30-23(31-32(22)25)17-9-18(26)12-27-11-17)29-19-7-6-16-8-15-4-2-3-5-20(15)21(16)10-19/h2-5,9,11-13,19H,6-8,10H2,1H3,(H,29,30,31)/t19-/m1/s1. The molecule has 0 amide bonds. The predicted octanol–water partition coefficient (Wildman–Crippen LogP) is 4.50. The molecule has 7 nitrogen and oxygen atoms in total. The predicted molar refractivity (Wildman–Crippen MR) is 122 cm³/mol. The molecule has 33 heavy (non-hydrogen) atoms. The molecule has 1 N–H and O–H groups in total. The van der Waals surface area contributed by atoms with Gasteiger partial charge in [0.1, 0.15) is 11.5 Å². The summed E-state index contributed by atoms with van der Waals surface area (Å²) in [6.45, 7) is 1.47. The van der Waals surface area contributed by atoms with E-state index in [1.165, 1.54) is 52.2 Å². The Labute approximate surface area is 189 Å². The Bertz CT molecular complexity index is 1460. The highest BCUT2D eigenvalue weighted by atomic mass is 19.1. The van der Waals surface area contributed by atoms with Crippen molar-refractivity contribution < 1.29 is 9.18 Å². The lowest BCUT2D eigenvalue weighted by atomic mass is 9.88. The molecule has 0 saturated heterocycles. The number of ketones is 1. The molecule has 2 aliphatic rings. The van der Waals surface area contributed by atoms with Crippen molar-refractivity contribution >= 4 is 22.8 Å². The van der Waals surface area contributed by atoms with Gasteiger partial charge >= 0.3 is 0 Å². The average Bonchev–Trinajstić information content (AvgIpc) is 3.41. The van der Waals surface area contributed by atoms with Crippen LogP contribution in [0.3, 0.4) is 0 Å². The van der Waals surface area contributed by atoms with Crippen LogP contribution in [0.4, 0.5) is 10.2 Å². The quantitative estimate of drug-likeness (QED) is 0.470. The Morgan fingerprint density at radius 2 is 2.09 bits per heavy atom. The molecule has 0 radical (unpaired) electrons. The number of nitrogens with zero attached hydrogens (tertiary/aromatic N) is 5. The zero-order valence-corrected chi connectivity index (χ0v) is 18.0. The van der Waals surface area contributed by atoms with E-state index in [9.17, 15) is 9.18 Å². The zero-order chi connectivity index (χ0) is 22.5. The fourth-order valence-electron chi connectivity index (χ4n) is 4.88. The number of aromatic nitrogens is 5. The van der Waals surface area contributed by atoms with Crippen LogP contribution in [0.25, 0.3) is 22.6 Å². The molecule has 2 aliphatic carbocycles. The number of pyridine rings is 1. The van der Waals surface area contributed by atoms with Crippen molar-refractivity contribution in [2.75, 3.05) is 5.32 Å². The van der Waals surface area contributed by atoms with Gasteiger partial charge in [-0.15, -0.1) is 5.10 Å². The van der Waals surface area contributed by atoms with Gasteiger partial charge in [-0.3, -0.25) is 9.78 Å². The first-order valence-electron chi connectivity index (χ1n) is 11.0. The Balaban J connectivity index is 1.39. The monoisotopic (exact) mass is 440 g/mol. The SMILES string of the molecule is CC(=O)c1cnc2c(N[C@@H]3CCC4=C(C3)c3ccccc3C4)nc(-c3cncc(F)c3)nn12. The second-order valence-corrected chi connectivity index (χ2v) is 8.61. The zero-order valence-electron chi connectivity index (χ0n) is 18.0. The number of benzene rings is 1. The summed E-state index contributed by atoms with van der Waals surface area (Å²) in [5.74, 6) is 0.164. The van der Waals surface area contributed by atoms with E-state index in [1.807, 2.05) is 0 Å². The number of rotatable bonds is 4. The van der Waals surface area contributed by atoms with E-state index >= 15 is 0 Å². The molecule has 3 heterocycles. The van der Waals surface area contributed by atoms with Crippen LogP contribution in [-0.4, -0.2) is 36.4 Å². The third kappa shape index (κ3) is 3.38. The number of anilines is 1. The van der Waals surface area contributed by atoms with Crippen LogP contribution in [0, 0.1) is 5.82 Å². The van der Waals surface area contributed by atoms with E-state index in [0.717, 1.165) is 31.9 Å². The number of halogens is 1. The summed E-state index contributed by atoms with van der Waals surface area (Å²) in [5, 5.41) is 8.02. The van der Waals surface area contributed by atoms with Gasteiger partial charge in [0.2, 0.25) is 0 Å². The van der Waals surface area contributed by atoms with Crippen LogP contribution in [0.15, 0.2) is 54.5 Å². The van der Waals surface area contributed by atoms with E-state index in [1.54, 1.807) is 0 Å². The van der Waals surface area contributed by atoms with Gasteiger partial charge in [0.15, 0.2) is 23.1 Å². The van der Waals surface area contributed by atoms with Crippen molar-refractivity contribution in [1.82, 2.24) is 24.6 Å². The van der Waals surface area contributed by atoms with Gasteiger partial charge in [-0.05, 0) is 48.4 Å². The van der Waals surface area contributed by atoms with Crippen LogP contribution in [0.5, 0.6) is 0 Å². The van der Waals surface area contributed by atoms with E-state index < -0.39 is 5.82 Å². The molecule has 4 aromatic rings. The summed E-state index contributed by atoms with van der Waals surface area (Å²) in [4.78, 5) is 25.1. The molecule has 0 spiro atoms. The van der Waals surface area contributed by atoms with Crippen molar-refractivity contribution in [3.8, 4) is 11.4 Å². The van der Waals surface area contributed by atoms with E-state index in [4.69, 9.17) is 0 Å². The molecular formula is C25H21FN6O. The molecule has 3 aromatic heterocycles. The minimum atomic E-state index is -0.477. The maximum Gasteiger partial charge on any atom is 0.197 e. The number of carbonyl (C=O) groups excluding carboxylic acids is 1. The molecule has 0 fully saturated rings. The molecule has 1 atom stereocenters. The molecule has 0 unspecified atom stereocenters. The molecule has 0 aliphatic heterocycles. The highest BCUT2D eigenvalue weighted by Gasteiger charge is 2.29. The first-order chi connectivity index (χ1) is 16.1. The van der Waals surface area contributed by atoms with Crippen molar-refractivity contribution in [3.05, 3.63) is 77.1 Å². The van der Waals surface area contributed by atoms with Gasteiger partial charge in [0, 0.05) is 24.7 Å². The largest absolute Gasteiger partial charge is 0.364 e. The van der Waals surface area contributed by atoms with Crippen LogP contribution in [0.1, 0.15) is 47.8 Å². The van der Waals surface area contributed by atoms with Crippen LogP contribution < -0.4 is 5.32 Å². The van der Waals surface area contributed by atoms with Crippen molar-refractivity contribution in [3.63, 3.8) is 0 Å². The first kappa shape index (κ1) is 19.7. The van der Waals surface area contributed by atoms with Crippen molar-refractivity contribution in [1.29, 1.82) is 0 Å². The van der Waals surface area contributed by atoms with Gasteiger partial charge in [-0.25, -0.2) is 18.9 Å². The Morgan fingerprint density at radius 1 is 1.21 bits per heavy atom. The Morgan fingerprint density at radius 3 is 2.94 bits per heavy atom. The number of Topliss-reactive ketones (excluding diaryl/α,β-unsaturated/α-hetero) is 1. The average molecular weight is 440 g/mol. The molecule has 1 aromatic carbocycles. The molecule has 164 valence electrons. The van der Waals surface area contributed by atoms with Crippen LogP contribution >= 0.6 is 0 Å². The van der Waals surface area contributed by atoms with Crippen molar-refractivity contribution in [2.24, 2.45) is 0 Å². The molecule has 0 bridgehead atoms. The first-order valence-corrected chi connectivity index (χ1v) is 11.0. The Kier molecular flexibility index (Phi) is 4.53. The number of fused-ring (bicyclic) bond motifs is 3. The van der Waals surface area contributed by atoms with Gasteiger partial charge in [-0.2, -0.15) is 0 Å². The second-order valence-electron chi connectivity index (χ2n) is 8.61. The topological polar surface area (TPSA) is 85.1 Å². The van der Waals surface area contributed by atoms with Crippen LogP contribution in [0.2, 0.25) is 0 Å². The summed E-state index contributed by atoms with van der Waals surface area (Å²) < 4.78 is 15.3. The number of allylic oxidation sites excluding steroid dienone is 1. The Hall–Kier alpha value is -3.94. The lowest BCUT2D eigenvalue weighted by Crippen LogP contribution is -2.24. The molecule has 0 saturated carbocycles. The number of hydrogen-bond donors (Lipinski definition) is 1. The third-order valence-corrected chi connectivity index (χ3v) is 6.44. The summed E-state index contributed by atoms with van der Waals surface area (Å²) in [7, 11) is 0. The lowest BCUT2D eigenvalue weighted by molar-refractivity contribution is 0.101. The molecule has 8 heteroatoms. The third-order valence-electron chi connectivity index (χ3n) is 6.44. The number of hydrogen-bond acceptors (Lipinski definition) is 6. The van der Waals surface area contributed by atoms with E-state index in [2.05, 4.69) is 49.6 Å². The normalized spacial score (nSPS) is 17.2. The van der Waals surface area contributed by atoms with Gasteiger partial charge in [0.25, 0.3) is 0 Å². The second kappa shape index (κ2) is 7.58. The van der Waals surface area contributed by atoms with Gasteiger partial charge in [0.05, 0.1) is 12.4 Å². The molecule has 6 rings (SSSR count).